The Kier molecular flexibility index (Phi) is 4.32. The lowest BCUT2D eigenvalue weighted by Crippen LogP contribution is -2.27. The first kappa shape index (κ1) is 10.6. The summed E-state index contributed by atoms with van der Waals surface area (Å²) >= 11 is 1.84. The number of aryl methyl sites for hydroxylation is 1. The topological polar surface area (TPSA) is 29.9 Å². The van der Waals surface area contributed by atoms with Crippen LogP contribution in [0.4, 0.5) is 0 Å². The molecule has 1 rings (SSSR count). The van der Waals surface area contributed by atoms with Gasteiger partial charge in [0.05, 0.1) is 6.20 Å². The van der Waals surface area contributed by atoms with Gasteiger partial charge >= 0.3 is 0 Å². The van der Waals surface area contributed by atoms with Crippen LogP contribution in [0, 0.1) is 0 Å². The van der Waals surface area contributed by atoms with Crippen molar-refractivity contribution in [3.05, 3.63) is 12.4 Å². The van der Waals surface area contributed by atoms with Crippen LogP contribution >= 0.6 is 11.8 Å². The first-order valence-corrected chi connectivity index (χ1v) is 5.55. The standard InChI is InChI=1S/C9H17N3S/c1-4-10-8(2)7-13-9-5-11-12(3)6-9/h5-6,8,10H,4,7H2,1-3H3. The molecule has 1 aromatic heterocycles. The van der Waals surface area contributed by atoms with Crippen molar-refractivity contribution in [3.63, 3.8) is 0 Å². The fraction of sp³-hybridized carbons (Fsp3) is 0.667. The molecule has 13 heavy (non-hydrogen) atoms. The van der Waals surface area contributed by atoms with Gasteiger partial charge in [0.1, 0.15) is 0 Å². The quantitative estimate of drug-likeness (QED) is 0.729. The summed E-state index contributed by atoms with van der Waals surface area (Å²) in [6, 6.07) is 0.565. The van der Waals surface area contributed by atoms with E-state index in [4.69, 9.17) is 0 Å². The van der Waals surface area contributed by atoms with Gasteiger partial charge in [-0.15, -0.1) is 11.8 Å². The molecule has 0 aromatic carbocycles. The van der Waals surface area contributed by atoms with E-state index in [1.54, 1.807) is 0 Å². The van der Waals surface area contributed by atoms with E-state index >= 15 is 0 Å². The van der Waals surface area contributed by atoms with Gasteiger partial charge in [-0.1, -0.05) is 6.92 Å². The van der Waals surface area contributed by atoms with E-state index in [1.165, 1.54) is 4.90 Å². The second-order valence-electron chi connectivity index (χ2n) is 3.12. The SMILES string of the molecule is CCNC(C)CSc1cnn(C)c1. The van der Waals surface area contributed by atoms with Crippen LogP contribution in [-0.4, -0.2) is 28.1 Å². The number of hydrogen-bond acceptors (Lipinski definition) is 3. The highest BCUT2D eigenvalue weighted by Crippen LogP contribution is 2.16. The third-order valence-electron chi connectivity index (χ3n) is 1.73. The summed E-state index contributed by atoms with van der Waals surface area (Å²) in [5, 5.41) is 7.49. The molecule has 0 aliphatic rings. The molecule has 1 N–H and O–H groups in total. The van der Waals surface area contributed by atoms with Crippen LogP contribution in [0.3, 0.4) is 0 Å². The van der Waals surface area contributed by atoms with E-state index in [1.807, 2.05) is 35.9 Å². The lowest BCUT2D eigenvalue weighted by atomic mass is 10.4. The molecule has 0 saturated heterocycles. The van der Waals surface area contributed by atoms with Crippen molar-refractivity contribution >= 4 is 11.8 Å². The van der Waals surface area contributed by atoms with Gasteiger partial charge in [0, 0.05) is 29.9 Å². The smallest absolute Gasteiger partial charge is 0.0625 e. The molecule has 1 aromatic rings. The zero-order valence-corrected chi connectivity index (χ0v) is 9.27. The van der Waals surface area contributed by atoms with Crippen LogP contribution in [-0.2, 0) is 7.05 Å². The highest BCUT2D eigenvalue weighted by atomic mass is 32.2. The van der Waals surface area contributed by atoms with E-state index in [0.717, 1.165) is 12.3 Å². The van der Waals surface area contributed by atoms with Crippen molar-refractivity contribution in [1.29, 1.82) is 0 Å². The summed E-state index contributed by atoms with van der Waals surface area (Å²) in [6.45, 7) is 5.37. The third kappa shape index (κ3) is 3.83. The number of thioether (sulfide) groups is 1. The Morgan fingerprint density at radius 3 is 3.00 bits per heavy atom. The predicted molar refractivity (Wildman–Crippen MR) is 57.1 cm³/mol. The predicted octanol–water partition coefficient (Wildman–Crippen LogP) is 1.51. The highest BCUT2D eigenvalue weighted by Gasteiger charge is 2.01. The molecule has 0 bridgehead atoms. The summed E-state index contributed by atoms with van der Waals surface area (Å²) in [4.78, 5) is 1.24. The number of hydrogen-bond donors (Lipinski definition) is 1. The van der Waals surface area contributed by atoms with Gasteiger partial charge in [0.25, 0.3) is 0 Å². The van der Waals surface area contributed by atoms with Gasteiger partial charge in [0.15, 0.2) is 0 Å². The van der Waals surface area contributed by atoms with Gasteiger partial charge in [-0.3, -0.25) is 4.68 Å². The van der Waals surface area contributed by atoms with Crippen molar-refractivity contribution in [2.45, 2.75) is 24.8 Å². The molecule has 0 saturated carbocycles. The van der Waals surface area contributed by atoms with Crippen molar-refractivity contribution in [3.8, 4) is 0 Å². The van der Waals surface area contributed by atoms with Crippen molar-refractivity contribution in [2.24, 2.45) is 7.05 Å². The maximum absolute atomic E-state index is 4.12. The summed E-state index contributed by atoms with van der Waals surface area (Å²) in [5.41, 5.74) is 0. The Labute approximate surface area is 83.9 Å². The van der Waals surface area contributed by atoms with Crippen molar-refractivity contribution in [2.75, 3.05) is 12.3 Å². The first-order chi connectivity index (χ1) is 6.22. The summed E-state index contributed by atoms with van der Waals surface area (Å²) < 4.78 is 1.83. The molecule has 0 amide bonds. The normalized spacial score (nSPS) is 13.2. The lowest BCUT2D eigenvalue weighted by molar-refractivity contribution is 0.620. The molecule has 0 aliphatic heterocycles. The highest BCUT2D eigenvalue weighted by molar-refractivity contribution is 7.99. The van der Waals surface area contributed by atoms with Crippen LogP contribution in [0.15, 0.2) is 17.3 Å². The second-order valence-corrected chi connectivity index (χ2v) is 4.21. The second kappa shape index (κ2) is 5.29. The molecule has 0 spiro atoms. The number of nitrogens with one attached hydrogen (secondary N) is 1. The fourth-order valence-electron chi connectivity index (χ4n) is 1.10. The van der Waals surface area contributed by atoms with Gasteiger partial charge in [0.2, 0.25) is 0 Å². The molecular weight excluding hydrogens is 182 g/mol. The van der Waals surface area contributed by atoms with E-state index in [9.17, 15) is 0 Å². The summed E-state index contributed by atoms with van der Waals surface area (Å²) in [7, 11) is 1.94. The monoisotopic (exact) mass is 199 g/mol. The van der Waals surface area contributed by atoms with Crippen LogP contribution < -0.4 is 5.32 Å². The Balaban J connectivity index is 2.26. The van der Waals surface area contributed by atoms with E-state index in [-0.39, 0.29) is 0 Å². The molecule has 74 valence electrons. The molecule has 1 heterocycles. The Hall–Kier alpha value is -0.480. The molecule has 1 atom stereocenters. The van der Waals surface area contributed by atoms with Crippen molar-refractivity contribution in [1.82, 2.24) is 15.1 Å². The van der Waals surface area contributed by atoms with E-state index in [0.29, 0.717) is 6.04 Å². The van der Waals surface area contributed by atoms with Crippen LogP contribution in [0.1, 0.15) is 13.8 Å². The van der Waals surface area contributed by atoms with Gasteiger partial charge in [-0.2, -0.15) is 5.10 Å². The van der Waals surface area contributed by atoms with E-state index < -0.39 is 0 Å². The minimum absolute atomic E-state index is 0.565. The zero-order chi connectivity index (χ0) is 9.68. The minimum atomic E-state index is 0.565. The maximum atomic E-state index is 4.12. The maximum Gasteiger partial charge on any atom is 0.0625 e. The minimum Gasteiger partial charge on any atom is -0.314 e. The lowest BCUT2D eigenvalue weighted by Gasteiger charge is -2.09. The largest absolute Gasteiger partial charge is 0.314 e. The average Bonchev–Trinajstić information content (AvgIpc) is 2.49. The Morgan fingerprint density at radius 1 is 1.69 bits per heavy atom. The van der Waals surface area contributed by atoms with E-state index in [2.05, 4.69) is 24.3 Å². The Bertz CT molecular complexity index is 247. The number of nitrogens with zero attached hydrogens (tertiary/aromatic N) is 2. The molecule has 0 aliphatic carbocycles. The Morgan fingerprint density at radius 2 is 2.46 bits per heavy atom. The van der Waals surface area contributed by atoms with Crippen LogP contribution in [0.2, 0.25) is 0 Å². The molecule has 1 unspecified atom stereocenters. The molecule has 0 radical (unpaired) electrons. The van der Waals surface area contributed by atoms with Crippen molar-refractivity contribution < 1.29 is 0 Å². The fourth-order valence-corrected chi connectivity index (χ4v) is 2.01. The molecule has 4 heteroatoms. The first-order valence-electron chi connectivity index (χ1n) is 4.57. The van der Waals surface area contributed by atoms with Crippen LogP contribution in [0.5, 0.6) is 0 Å². The molecule has 0 fully saturated rings. The zero-order valence-electron chi connectivity index (χ0n) is 8.45. The summed E-state index contributed by atoms with van der Waals surface area (Å²) in [6.07, 6.45) is 3.95. The van der Waals surface area contributed by atoms with Gasteiger partial charge in [-0.05, 0) is 13.5 Å². The van der Waals surface area contributed by atoms with Gasteiger partial charge < -0.3 is 5.32 Å². The molecular formula is C9H17N3S. The third-order valence-corrected chi connectivity index (χ3v) is 2.94. The summed E-state index contributed by atoms with van der Waals surface area (Å²) in [5.74, 6) is 1.10. The average molecular weight is 199 g/mol. The van der Waals surface area contributed by atoms with Gasteiger partial charge in [-0.25, -0.2) is 0 Å². The number of rotatable bonds is 5. The van der Waals surface area contributed by atoms with Crippen LogP contribution in [0.25, 0.3) is 0 Å². The number of aromatic nitrogens is 2. The molecule has 3 nitrogen and oxygen atoms in total.